The minimum absolute atomic E-state index is 0.0287. The molecule has 0 bridgehead atoms. The highest BCUT2D eigenvalue weighted by Gasteiger charge is 2.12. The lowest BCUT2D eigenvalue weighted by Gasteiger charge is -2.07. The standard InChI is InChI=1S/C13H10BrFN2O2/c1-19-12-7-9(4-5-16-12)17-13(18)10-3-2-8(14)6-11(10)15/h2-7H,1H3,(H,16,17,18). The van der Waals surface area contributed by atoms with E-state index in [2.05, 4.69) is 26.2 Å². The number of anilines is 1. The summed E-state index contributed by atoms with van der Waals surface area (Å²) >= 11 is 3.13. The molecule has 0 saturated heterocycles. The number of aromatic nitrogens is 1. The normalized spacial score (nSPS) is 10.1. The van der Waals surface area contributed by atoms with Gasteiger partial charge in [0.1, 0.15) is 5.82 Å². The van der Waals surface area contributed by atoms with Crippen LogP contribution in [-0.4, -0.2) is 18.0 Å². The molecule has 1 amide bonds. The summed E-state index contributed by atoms with van der Waals surface area (Å²) < 4.78 is 19.1. The van der Waals surface area contributed by atoms with Gasteiger partial charge in [-0.1, -0.05) is 15.9 Å². The van der Waals surface area contributed by atoms with Crippen molar-refractivity contribution < 1.29 is 13.9 Å². The fraction of sp³-hybridized carbons (Fsp3) is 0.0769. The van der Waals surface area contributed by atoms with E-state index in [1.807, 2.05) is 0 Å². The summed E-state index contributed by atoms with van der Waals surface area (Å²) in [7, 11) is 1.47. The van der Waals surface area contributed by atoms with E-state index in [1.54, 1.807) is 18.2 Å². The van der Waals surface area contributed by atoms with Crippen molar-refractivity contribution in [1.82, 2.24) is 4.98 Å². The summed E-state index contributed by atoms with van der Waals surface area (Å²) in [5, 5.41) is 2.58. The fourth-order valence-electron chi connectivity index (χ4n) is 1.47. The number of benzene rings is 1. The minimum atomic E-state index is -0.590. The van der Waals surface area contributed by atoms with Crippen LogP contribution < -0.4 is 10.1 Å². The zero-order chi connectivity index (χ0) is 13.8. The van der Waals surface area contributed by atoms with Crippen molar-refractivity contribution in [1.29, 1.82) is 0 Å². The summed E-state index contributed by atoms with van der Waals surface area (Å²) in [4.78, 5) is 15.8. The number of carbonyl (C=O) groups is 1. The van der Waals surface area contributed by atoms with Crippen LogP contribution in [0.1, 0.15) is 10.4 Å². The van der Waals surface area contributed by atoms with Gasteiger partial charge in [0.15, 0.2) is 0 Å². The van der Waals surface area contributed by atoms with Crippen LogP contribution in [0.15, 0.2) is 41.0 Å². The maximum atomic E-state index is 13.6. The Morgan fingerprint density at radius 3 is 2.84 bits per heavy atom. The van der Waals surface area contributed by atoms with Gasteiger partial charge in [-0.2, -0.15) is 0 Å². The van der Waals surface area contributed by atoms with E-state index in [0.717, 1.165) is 0 Å². The van der Waals surface area contributed by atoms with Crippen LogP contribution >= 0.6 is 15.9 Å². The number of carbonyl (C=O) groups excluding carboxylic acids is 1. The van der Waals surface area contributed by atoms with Crippen molar-refractivity contribution in [3.8, 4) is 5.88 Å². The van der Waals surface area contributed by atoms with Crippen LogP contribution in [0.25, 0.3) is 0 Å². The highest BCUT2D eigenvalue weighted by Crippen LogP contribution is 2.18. The third-order valence-corrected chi connectivity index (χ3v) is 2.87. The van der Waals surface area contributed by atoms with Crippen molar-refractivity contribution >= 4 is 27.5 Å². The molecule has 0 unspecified atom stereocenters. The summed E-state index contributed by atoms with van der Waals surface area (Å²) in [6.07, 6.45) is 1.49. The molecule has 0 radical (unpaired) electrons. The number of pyridine rings is 1. The summed E-state index contributed by atoms with van der Waals surface area (Å²) in [5.41, 5.74) is 0.457. The summed E-state index contributed by atoms with van der Waals surface area (Å²) in [6.45, 7) is 0. The van der Waals surface area contributed by atoms with E-state index in [0.29, 0.717) is 16.0 Å². The molecule has 2 rings (SSSR count). The SMILES string of the molecule is COc1cc(NC(=O)c2ccc(Br)cc2F)ccn1. The largest absolute Gasteiger partial charge is 0.481 e. The second-order valence-electron chi connectivity index (χ2n) is 3.67. The van der Waals surface area contributed by atoms with Gasteiger partial charge < -0.3 is 10.1 Å². The van der Waals surface area contributed by atoms with Gasteiger partial charge >= 0.3 is 0 Å². The van der Waals surface area contributed by atoms with E-state index >= 15 is 0 Å². The molecule has 19 heavy (non-hydrogen) atoms. The maximum Gasteiger partial charge on any atom is 0.258 e. The average Bonchev–Trinajstić information content (AvgIpc) is 2.38. The molecule has 1 heterocycles. The summed E-state index contributed by atoms with van der Waals surface area (Å²) in [6, 6.07) is 7.40. The second kappa shape index (κ2) is 5.79. The fourth-order valence-corrected chi connectivity index (χ4v) is 1.80. The lowest BCUT2D eigenvalue weighted by atomic mass is 10.2. The molecule has 1 aromatic carbocycles. The number of hydrogen-bond donors (Lipinski definition) is 1. The van der Waals surface area contributed by atoms with E-state index < -0.39 is 11.7 Å². The van der Waals surface area contributed by atoms with Gasteiger partial charge in [0.2, 0.25) is 5.88 Å². The molecule has 0 saturated carbocycles. The Balaban J connectivity index is 2.20. The molecule has 1 aromatic heterocycles. The van der Waals surface area contributed by atoms with Crippen LogP contribution in [0.4, 0.5) is 10.1 Å². The first-order valence-electron chi connectivity index (χ1n) is 5.36. The van der Waals surface area contributed by atoms with Gasteiger partial charge in [-0.05, 0) is 24.3 Å². The Labute approximate surface area is 117 Å². The number of ether oxygens (including phenoxy) is 1. The number of nitrogens with zero attached hydrogens (tertiary/aromatic N) is 1. The first-order valence-corrected chi connectivity index (χ1v) is 6.16. The maximum absolute atomic E-state index is 13.6. The van der Waals surface area contributed by atoms with E-state index in [9.17, 15) is 9.18 Å². The predicted octanol–water partition coefficient (Wildman–Crippen LogP) is 3.24. The Bertz CT molecular complexity index is 619. The van der Waals surface area contributed by atoms with Crippen LogP contribution in [0.5, 0.6) is 5.88 Å². The number of nitrogens with one attached hydrogen (secondary N) is 1. The van der Waals surface area contributed by atoms with Crippen molar-refractivity contribution in [2.45, 2.75) is 0 Å². The van der Waals surface area contributed by atoms with Gasteiger partial charge in [0, 0.05) is 22.4 Å². The first kappa shape index (κ1) is 13.5. The molecule has 6 heteroatoms. The van der Waals surface area contributed by atoms with Crippen LogP contribution in [0, 0.1) is 5.82 Å². The van der Waals surface area contributed by atoms with E-state index in [1.165, 1.54) is 25.4 Å². The molecule has 2 aromatic rings. The van der Waals surface area contributed by atoms with Crippen LogP contribution in [0.2, 0.25) is 0 Å². The minimum Gasteiger partial charge on any atom is -0.481 e. The topological polar surface area (TPSA) is 51.2 Å². The highest BCUT2D eigenvalue weighted by molar-refractivity contribution is 9.10. The Morgan fingerprint density at radius 2 is 2.16 bits per heavy atom. The van der Waals surface area contributed by atoms with E-state index in [4.69, 9.17) is 4.74 Å². The predicted molar refractivity (Wildman–Crippen MR) is 72.8 cm³/mol. The smallest absolute Gasteiger partial charge is 0.258 e. The van der Waals surface area contributed by atoms with Crippen LogP contribution in [-0.2, 0) is 0 Å². The molecule has 0 aliphatic rings. The molecular weight excluding hydrogens is 315 g/mol. The zero-order valence-corrected chi connectivity index (χ0v) is 11.6. The average molecular weight is 325 g/mol. The third-order valence-electron chi connectivity index (χ3n) is 2.38. The Kier molecular flexibility index (Phi) is 4.11. The third kappa shape index (κ3) is 3.29. The molecule has 0 spiro atoms. The van der Waals surface area contributed by atoms with Crippen molar-refractivity contribution in [2.24, 2.45) is 0 Å². The lowest BCUT2D eigenvalue weighted by Crippen LogP contribution is -2.13. The first-order chi connectivity index (χ1) is 9.10. The lowest BCUT2D eigenvalue weighted by molar-refractivity contribution is 0.102. The molecule has 4 nitrogen and oxygen atoms in total. The number of methoxy groups -OCH3 is 1. The molecule has 0 fully saturated rings. The van der Waals surface area contributed by atoms with Crippen molar-refractivity contribution in [2.75, 3.05) is 12.4 Å². The zero-order valence-electron chi connectivity index (χ0n) is 9.98. The molecule has 0 atom stereocenters. The summed E-state index contributed by atoms with van der Waals surface area (Å²) in [5.74, 6) is -0.750. The number of amides is 1. The quantitative estimate of drug-likeness (QED) is 0.942. The number of hydrogen-bond acceptors (Lipinski definition) is 3. The molecule has 0 aliphatic heterocycles. The number of halogens is 2. The Morgan fingerprint density at radius 1 is 1.37 bits per heavy atom. The van der Waals surface area contributed by atoms with Gasteiger partial charge in [0.25, 0.3) is 5.91 Å². The van der Waals surface area contributed by atoms with Gasteiger partial charge in [-0.3, -0.25) is 4.79 Å². The highest BCUT2D eigenvalue weighted by atomic mass is 79.9. The monoisotopic (exact) mass is 324 g/mol. The van der Waals surface area contributed by atoms with Crippen molar-refractivity contribution in [3.05, 3.63) is 52.4 Å². The molecule has 98 valence electrons. The molecule has 0 aliphatic carbocycles. The van der Waals surface area contributed by atoms with E-state index in [-0.39, 0.29) is 5.56 Å². The molecule has 1 N–H and O–H groups in total. The van der Waals surface area contributed by atoms with Crippen molar-refractivity contribution in [3.63, 3.8) is 0 Å². The second-order valence-corrected chi connectivity index (χ2v) is 4.58. The van der Waals surface area contributed by atoms with Gasteiger partial charge in [-0.15, -0.1) is 0 Å². The number of rotatable bonds is 3. The van der Waals surface area contributed by atoms with Crippen LogP contribution in [0.3, 0.4) is 0 Å². The Hall–Kier alpha value is -1.95. The van der Waals surface area contributed by atoms with Gasteiger partial charge in [0.05, 0.1) is 12.7 Å². The molecular formula is C13H10BrFN2O2. The van der Waals surface area contributed by atoms with Gasteiger partial charge in [-0.25, -0.2) is 9.37 Å².